The Kier molecular flexibility index (Phi) is 8.01. The minimum Gasteiger partial charge on any atom is -0.477 e. The molecule has 0 aliphatic rings. The van der Waals surface area contributed by atoms with Crippen molar-refractivity contribution in [1.82, 2.24) is 14.5 Å². The Balaban J connectivity index is 0.000000255. The van der Waals surface area contributed by atoms with E-state index in [1.54, 1.807) is 18.3 Å². The Bertz CT molecular complexity index is 1040. The molecule has 0 atom stereocenters. The number of aryl methyl sites for hydroxylation is 2. The summed E-state index contributed by atoms with van der Waals surface area (Å²) in [6.07, 6.45) is 7.31. The minimum atomic E-state index is -0.990. The Morgan fingerprint density at radius 3 is 2.10 bits per heavy atom. The molecule has 0 saturated carbocycles. The van der Waals surface area contributed by atoms with E-state index in [4.69, 9.17) is 5.11 Å². The normalized spacial score (nSPS) is 9.72. The number of carbonyl (C=O) groups is 1. The molecule has 1 aromatic carbocycles. The first-order chi connectivity index (χ1) is 13.6. The zero-order chi connectivity index (χ0) is 19.9. The van der Waals surface area contributed by atoms with Gasteiger partial charge in [0, 0.05) is 38.2 Å². The number of nitrogens with zero attached hydrogens (tertiary/aromatic N) is 3. The molecule has 3 aromatic heterocycles. The summed E-state index contributed by atoms with van der Waals surface area (Å²) in [4.78, 5) is 18.1. The van der Waals surface area contributed by atoms with Crippen LogP contribution in [0.1, 0.15) is 21.6 Å². The molecule has 0 bridgehead atoms. The third kappa shape index (κ3) is 5.70. The van der Waals surface area contributed by atoms with E-state index in [2.05, 4.69) is 58.8 Å². The van der Waals surface area contributed by atoms with Crippen molar-refractivity contribution in [2.24, 2.45) is 0 Å². The van der Waals surface area contributed by atoms with Gasteiger partial charge in [0.2, 0.25) is 0 Å². The van der Waals surface area contributed by atoms with Crippen LogP contribution in [0.4, 0.5) is 0 Å². The van der Waals surface area contributed by atoms with E-state index in [0.717, 1.165) is 11.3 Å². The van der Waals surface area contributed by atoms with Gasteiger partial charge >= 0.3 is 5.97 Å². The summed E-state index contributed by atoms with van der Waals surface area (Å²) in [6.45, 7) is 4.26. The third-order valence-corrected chi connectivity index (χ3v) is 4.15. The predicted octanol–water partition coefficient (Wildman–Crippen LogP) is 4.73. The van der Waals surface area contributed by atoms with E-state index in [1.165, 1.54) is 29.1 Å². The average molecular weight is 563 g/mol. The third-order valence-electron chi connectivity index (χ3n) is 4.15. The summed E-state index contributed by atoms with van der Waals surface area (Å²) in [5.74, 6) is -0.990. The molecule has 4 aromatic rings. The molecule has 1 N–H and O–H groups in total. The van der Waals surface area contributed by atoms with Crippen molar-refractivity contribution in [2.45, 2.75) is 13.8 Å². The number of benzene rings is 1. The SMILES string of the molecule is Cc1cccc(C)c1-n1c[c-]c(-c2ccccn2)c1.O=C(O)c1ccccn1.[Ir]. The first kappa shape index (κ1) is 22.2. The zero-order valence-corrected chi connectivity index (χ0v) is 18.4. The minimum absolute atomic E-state index is 0. The number of hydrogen-bond donors (Lipinski definition) is 1. The molecule has 0 amide bonds. The van der Waals surface area contributed by atoms with Crippen molar-refractivity contribution in [3.63, 3.8) is 0 Å². The van der Waals surface area contributed by atoms with E-state index in [0.29, 0.717) is 0 Å². The van der Waals surface area contributed by atoms with E-state index >= 15 is 0 Å². The summed E-state index contributed by atoms with van der Waals surface area (Å²) in [5, 5.41) is 8.32. The summed E-state index contributed by atoms with van der Waals surface area (Å²) < 4.78 is 2.12. The van der Waals surface area contributed by atoms with Crippen molar-refractivity contribution in [3.8, 4) is 16.9 Å². The van der Waals surface area contributed by atoms with Crippen LogP contribution < -0.4 is 0 Å². The second-order valence-corrected chi connectivity index (χ2v) is 6.20. The maximum Gasteiger partial charge on any atom is 0.354 e. The van der Waals surface area contributed by atoms with Gasteiger partial charge in [0.1, 0.15) is 5.69 Å². The number of pyridine rings is 2. The molecule has 0 spiro atoms. The number of para-hydroxylation sites is 1. The second-order valence-electron chi connectivity index (χ2n) is 6.20. The van der Waals surface area contributed by atoms with Gasteiger partial charge in [0.15, 0.2) is 0 Å². The van der Waals surface area contributed by atoms with Gasteiger partial charge in [-0.25, -0.2) is 9.78 Å². The number of hydrogen-bond acceptors (Lipinski definition) is 3. The van der Waals surface area contributed by atoms with Gasteiger partial charge in [0.05, 0.1) is 0 Å². The van der Waals surface area contributed by atoms with E-state index in [1.807, 2.05) is 24.4 Å². The van der Waals surface area contributed by atoms with Gasteiger partial charge in [-0.3, -0.25) is 0 Å². The van der Waals surface area contributed by atoms with E-state index in [-0.39, 0.29) is 25.8 Å². The first-order valence-corrected chi connectivity index (χ1v) is 8.78. The zero-order valence-electron chi connectivity index (χ0n) is 16.0. The van der Waals surface area contributed by atoms with Crippen LogP contribution in [0.5, 0.6) is 0 Å². The monoisotopic (exact) mass is 563 g/mol. The summed E-state index contributed by atoms with van der Waals surface area (Å²) in [5.41, 5.74) is 5.79. The molecule has 1 radical (unpaired) electrons. The number of rotatable bonds is 3. The van der Waals surface area contributed by atoms with Crippen molar-refractivity contribution in [2.75, 3.05) is 0 Å². The van der Waals surface area contributed by atoms with Gasteiger partial charge in [-0.05, 0) is 48.9 Å². The number of carboxylic acids is 1. The predicted molar refractivity (Wildman–Crippen MR) is 109 cm³/mol. The molecule has 149 valence electrons. The van der Waals surface area contributed by atoms with Gasteiger partial charge in [-0.2, -0.15) is 6.07 Å². The molecule has 0 fully saturated rings. The van der Waals surface area contributed by atoms with Crippen LogP contribution in [-0.4, -0.2) is 25.6 Å². The van der Waals surface area contributed by atoms with Crippen molar-refractivity contribution < 1.29 is 30.0 Å². The van der Waals surface area contributed by atoms with Crippen LogP contribution in [0.2, 0.25) is 0 Å². The molecule has 29 heavy (non-hydrogen) atoms. The van der Waals surface area contributed by atoms with Gasteiger partial charge in [-0.15, -0.1) is 5.56 Å². The second kappa shape index (κ2) is 10.5. The van der Waals surface area contributed by atoms with E-state index in [9.17, 15) is 4.79 Å². The van der Waals surface area contributed by atoms with Gasteiger partial charge in [0.25, 0.3) is 0 Å². The molecule has 4 rings (SSSR count). The topological polar surface area (TPSA) is 68.0 Å². The molecule has 5 nitrogen and oxygen atoms in total. The van der Waals surface area contributed by atoms with Crippen molar-refractivity contribution >= 4 is 5.97 Å². The van der Waals surface area contributed by atoms with Crippen LogP contribution in [0, 0.1) is 19.9 Å². The Morgan fingerprint density at radius 1 is 0.931 bits per heavy atom. The van der Waals surface area contributed by atoms with E-state index < -0.39 is 5.97 Å². The van der Waals surface area contributed by atoms with Crippen molar-refractivity contribution in [3.05, 3.63) is 102 Å². The quantitative estimate of drug-likeness (QED) is 0.367. The molecule has 0 unspecified atom stereocenters. The summed E-state index contributed by atoms with van der Waals surface area (Å²) >= 11 is 0. The van der Waals surface area contributed by atoms with Crippen LogP contribution in [-0.2, 0) is 20.1 Å². The summed E-state index contributed by atoms with van der Waals surface area (Å²) in [6, 6.07) is 20.3. The standard InChI is InChI=1S/C17H15N2.C6H5NO2.Ir/c1-13-6-5-7-14(2)17(13)19-11-9-15(12-19)16-8-3-4-10-18-16;8-6(9)5-3-1-2-4-7-5;/h3-8,10-12H,1-2H3;1-4H,(H,8,9);/q-1;;. The molecular formula is C23H20IrN3O2-. The molecule has 0 aliphatic heterocycles. The van der Waals surface area contributed by atoms with Crippen molar-refractivity contribution in [1.29, 1.82) is 0 Å². The number of aromatic nitrogens is 3. The largest absolute Gasteiger partial charge is 0.477 e. The van der Waals surface area contributed by atoms with Crippen LogP contribution >= 0.6 is 0 Å². The Morgan fingerprint density at radius 2 is 1.59 bits per heavy atom. The number of carboxylic acid groups (broad SMARTS) is 1. The summed E-state index contributed by atoms with van der Waals surface area (Å²) in [7, 11) is 0. The first-order valence-electron chi connectivity index (χ1n) is 8.78. The van der Waals surface area contributed by atoms with Gasteiger partial charge < -0.3 is 14.7 Å². The fraction of sp³-hybridized carbons (Fsp3) is 0.0870. The van der Waals surface area contributed by atoms with Crippen LogP contribution in [0.25, 0.3) is 16.9 Å². The molecule has 3 heterocycles. The molecule has 0 saturated heterocycles. The Hall–Kier alpha value is -3.08. The molecule has 6 heteroatoms. The van der Waals surface area contributed by atoms with Gasteiger partial charge in [-0.1, -0.05) is 48.8 Å². The average Bonchev–Trinajstić information content (AvgIpc) is 3.19. The fourth-order valence-electron chi connectivity index (χ4n) is 2.85. The molecule has 0 aliphatic carbocycles. The fourth-order valence-corrected chi connectivity index (χ4v) is 2.85. The number of aromatic carboxylic acids is 1. The smallest absolute Gasteiger partial charge is 0.354 e. The maximum atomic E-state index is 10.1. The molecular weight excluding hydrogens is 542 g/mol. The Labute approximate surface area is 183 Å². The van der Waals surface area contributed by atoms with Crippen LogP contribution in [0.3, 0.4) is 0 Å². The van der Waals surface area contributed by atoms with Crippen LogP contribution in [0.15, 0.2) is 79.4 Å². The maximum absolute atomic E-state index is 10.1.